The second-order valence-corrected chi connectivity index (χ2v) is 11.5. The number of carboxylic acid groups (broad SMARTS) is 1. The molecule has 2 heterocycles. The van der Waals surface area contributed by atoms with Crippen molar-refractivity contribution in [2.45, 2.75) is 36.7 Å². The lowest BCUT2D eigenvalue weighted by Gasteiger charge is -2.39. The van der Waals surface area contributed by atoms with Crippen LogP contribution in [0.5, 0.6) is 5.75 Å². The number of likely N-dealkylation sites (tertiary alicyclic amines) is 1. The van der Waals surface area contributed by atoms with Gasteiger partial charge in [-0.2, -0.15) is 0 Å². The van der Waals surface area contributed by atoms with Crippen LogP contribution in [0.15, 0.2) is 41.4 Å². The van der Waals surface area contributed by atoms with Crippen molar-refractivity contribution in [3.05, 3.63) is 59.5 Å². The van der Waals surface area contributed by atoms with Crippen molar-refractivity contribution < 1.29 is 32.9 Å². The van der Waals surface area contributed by atoms with Crippen LogP contribution in [0.2, 0.25) is 0 Å². The molecule has 0 amide bonds. The van der Waals surface area contributed by atoms with E-state index in [4.69, 9.17) is 4.74 Å². The predicted molar refractivity (Wildman–Crippen MR) is 150 cm³/mol. The largest absolute Gasteiger partial charge is 0.497 e. The van der Waals surface area contributed by atoms with Crippen LogP contribution in [0.25, 0.3) is 10.9 Å². The summed E-state index contributed by atoms with van der Waals surface area (Å²) in [5.41, 5.74) is 1.20. The van der Waals surface area contributed by atoms with Crippen LogP contribution in [0.4, 0.5) is 18.9 Å². The zero-order chi connectivity index (χ0) is 29.0. The number of anilines is 1. The summed E-state index contributed by atoms with van der Waals surface area (Å²) < 4.78 is 45.5. The number of carboxylic acids is 1. The first kappa shape index (κ1) is 30.0. The van der Waals surface area contributed by atoms with E-state index in [1.54, 1.807) is 13.3 Å². The lowest BCUT2D eigenvalue weighted by molar-refractivity contribution is -0.153. The Morgan fingerprint density at radius 3 is 2.45 bits per heavy atom. The fourth-order valence-corrected chi connectivity index (χ4v) is 6.22. The summed E-state index contributed by atoms with van der Waals surface area (Å²) in [6, 6.07) is 7.43. The molecule has 3 aromatic rings. The molecular weight excluding hydrogens is 543 g/mol. The topological polar surface area (TPSA) is 86.1 Å². The van der Waals surface area contributed by atoms with Gasteiger partial charge in [0.2, 0.25) is 0 Å². The van der Waals surface area contributed by atoms with Gasteiger partial charge in [0.25, 0.3) is 0 Å². The van der Waals surface area contributed by atoms with Gasteiger partial charge in [-0.25, -0.2) is 13.2 Å². The number of fused-ring (bicyclic) bond motifs is 1. The van der Waals surface area contributed by atoms with E-state index in [2.05, 4.69) is 9.88 Å². The lowest BCUT2D eigenvalue weighted by atomic mass is 9.74. The highest BCUT2D eigenvalue weighted by molar-refractivity contribution is 7.99. The first-order valence-electron chi connectivity index (χ1n) is 13.1. The van der Waals surface area contributed by atoms with Gasteiger partial charge in [0.1, 0.15) is 5.75 Å². The van der Waals surface area contributed by atoms with Crippen molar-refractivity contribution in [3.8, 4) is 5.75 Å². The van der Waals surface area contributed by atoms with E-state index in [0.29, 0.717) is 66.4 Å². The molecule has 0 unspecified atom stereocenters. The van der Waals surface area contributed by atoms with Crippen LogP contribution in [0.1, 0.15) is 37.4 Å². The molecule has 0 aliphatic carbocycles. The van der Waals surface area contributed by atoms with E-state index >= 15 is 0 Å². The van der Waals surface area contributed by atoms with E-state index in [0.717, 1.165) is 23.2 Å². The highest BCUT2D eigenvalue weighted by Crippen LogP contribution is 2.41. The van der Waals surface area contributed by atoms with Crippen molar-refractivity contribution in [1.82, 2.24) is 9.88 Å². The van der Waals surface area contributed by atoms with Gasteiger partial charge in [0, 0.05) is 42.2 Å². The number of halogens is 3. The summed E-state index contributed by atoms with van der Waals surface area (Å²) >= 11 is 1.22. The number of thioether (sulfide) groups is 1. The standard InChI is InChI=1S/C29H34F3N3O4S/c1-34(2)24-17-33-23-5-4-18(39-3)14-20(23)26(24)25(36)6-7-29(28(37)38)8-10-35(11-9-29)12-13-40-19-15-21(30)27(32)22(31)16-19/h4-5,14-17,25,36H,6-13H2,1-3H3,(H,37,38)/t25-/m1/s1. The highest BCUT2D eigenvalue weighted by Gasteiger charge is 2.41. The molecule has 40 heavy (non-hydrogen) atoms. The lowest BCUT2D eigenvalue weighted by Crippen LogP contribution is -2.45. The van der Waals surface area contributed by atoms with Gasteiger partial charge >= 0.3 is 5.97 Å². The molecule has 7 nitrogen and oxygen atoms in total. The number of aliphatic hydroxyl groups is 1. The van der Waals surface area contributed by atoms with Gasteiger partial charge in [-0.15, -0.1) is 11.8 Å². The molecule has 2 N–H and O–H groups in total. The molecule has 4 rings (SSSR count). The summed E-state index contributed by atoms with van der Waals surface area (Å²) in [6.45, 7) is 1.70. The molecule has 216 valence electrons. The maximum Gasteiger partial charge on any atom is 0.309 e. The number of nitrogens with zero attached hydrogens (tertiary/aromatic N) is 3. The number of methoxy groups -OCH3 is 1. The van der Waals surface area contributed by atoms with E-state index < -0.39 is 34.9 Å². The number of ether oxygens (including phenoxy) is 1. The van der Waals surface area contributed by atoms with Crippen molar-refractivity contribution in [3.63, 3.8) is 0 Å². The molecule has 2 aromatic carbocycles. The minimum Gasteiger partial charge on any atom is -0.497 e. The third-order valence-electron chi connectivity index (χ3n) is 7.71. The number of rotatable bonds is 11. The third-order valence-corrected chi connectivity index (χ3v) is 8.66. The fourth-order valence-electron chi connectivity index (χ4n) is 5.26. The predicted octanol–water partition coefficient (Wildman–Crippen LogP) is 5.50. The van der Waals surface area contributed by atoms with E-state index in [1.807, 2.05) is 37.2 Å². The number of aliphatic hydroxyl groups excluding tert-OH is 1. The van der Waals surface area contributed by atoms with Crippen molar-refractivity contribution in [1.29, 1.82) is 0 Å². The van der Waals surface area contributed by atoms with Crippen LogP contribution < -0.4 is 9.64 Å². The summed E-state index contributed by atoms with van der Waals surface area (Å²) in [5, 5.41) is 22.4. The van der Waals surface area contributed by atoms with Gasteiger partial charge in [-0.3, -0.25) is 9.78 Å². The molecule has 0 bridgehead atoms. The smallest absolute Gasteiger partial charge is 0.309 e. The normalized spacial score (nSPS) is 16.2. The molecule has 0 saturated carbocycles. The van der Waals surface area contributed by atoms with Crippen molar-refractivity contribution in [2.75, 3.05) is 51.5 Å². The second-order valence-electron chi connectivity index (χ2n) is 10.4. The Balaban J connectivity index is 1.40. The Morgan fingerprint density at radius 1 is 1.18 bits per heavy atom. The molecule has 1 saturated heterocycles. The van der Waals surface area contributed by atoms with Gasteiger partial charge < -0.3 is 24.7 Å². The van der Waals surface area contributed by atoms with Crippen LogP contribution in [0.3, 0.4) is 0 Å². The van der Waals surface area contributed by atoms with E-state index in [1.165, 1.54) is 11.8 Å². The molecule has 1 aromatic heterocycles. The van der Waals surface area contributed by atoms with Crippen LogP contribution >= 0.6 is 11.8 Å². The number of hydrogen-bond acceptors (Lipinski definition) is 7. The average Bonchev–Trinajstić information content (AvgIpc) is 2.94. The summed E-state index contributed by atoms with van der Waals surface area (Å²) in [7, 11) is 5.31. The molecular formula is C29H34F3N3O4S. The number of aromatic nitrogens is 1. The number of carbonyl (C=O) groups is 1. The van der Waals surface area contributed by atoms with Crippen LogP contribution in [-0.2, 0) is 4.79 Å². The van der Waals surface area contributed by atoms with Crippen LogP contribution in [-0.4, -0.2) is 72.7 Å². The Hall–Kier alpha value is -3.02. The quantitative estimate of drug-likeness (QED) is 0.228. The monoisotopic (exact) mass is 577 g/mol. The maximum atomic E-state index is 13.5. The number of aliphatic carboxylic acids is 1. The first-order chi connectivity index (χ1) is 19.0. The van der Waals surface area contributed by atoms with E-state index in [9.17, 15) is 28.2 Å². The highest BCUT2D eigenvalue weighted by atomic mass is 32.2. The molecule has 1 aliphatic rings. The maximum absolute atomic E-state index is 13.5. The third kappa shape index (κ3) is 6.47. The Kier molecular flexibility index (Phi) is 9.48. The van der Waals surface area contributed by atoms with E-state index in [-0.39, 0.29) is 6.42 Å². The second kappa shape index (κ2) is 12.7. The fraction of sp³-hybridized carbons (Fsp3) is 0.448. The minimum absolute atomic E-state index is 0.265. The Labute approximate surface area is 235 Å². The number of benzene rings is 2. The molecule has 1 aliphatic heterocycles. The number of hydrogen-bond donors (Lipinski definition) is 2. The zero-order valence-electron chi connectivity index (χ0n) is 22.8. The van der Waals surface area contributed by atoms with Gasteiger partial charge in [-0.05, 0) is 69.1 Å². The van der Waals surface area contributed by atoms with Gasteiger partial charge in [0.05, 0.1) is 36.0 Å². The van der Waals surface area contributed by atoms with Crippen molar-refractivity contribution >= 4 is 34.3 Å². The Bertz CT molecular complexity index is 1340. The molecule has 0 spiro atoms. The Morgan fingerprint density at radius 2 is 1.85 bits per heavy atom. The summed E-state index contributed by atoms with van der Waals surface area (Å²) in [6.07, 6.45) is 2.22. The molecule has 0 radical (unpaired) electrons. The SMILES string of the molecule is COc1ccc2ncc(N(C)C)c([C@H](O)CCC3(C(=O)O)CCN(CCSc4cc(F)c(F)c(F)c4)CC3)c2c1. The first-order valence-corrected chi connectivity index (χ1v) is 14.1. The molecule has 11 heteroatoms. The summed E-state index contributed by atoms with van der Waals surface area (Å²) in [4.78, 5) is 21.3. The van der Waals surface area contributed by atoms with Crippen LogP contribution in [0, 0.1) is 22.9 Å². The van der Waals surface area contributed by atoms with Crippen molar-refractivity contribution in [2.24, 2.45) is 5.41 Å². The minimum atomic E-state index is -1.48. The zero-order valence-corrected chi connectivity index (χ0v) is 23.6. The van der Waals surface area contributed by atoms with Gasteiger partial charge in [-0.1, -0.05) is 0 Å². The average molecular weight is 578 g/mol. The van der Waals surface area contributed by atoms with Gasteiger partial charge in [0.15, 0.2) is 17.5 Å². The number of pyridine rings is 1. The number of piperidine rings is 1. The molecule has 1 atom stereocenters. The molecule has 1 fully saturated rings. The summed E-state index contributed by atoms with van der Waals surface area (Å²) in [5.74, 6) is -3.63.